The first-order valence-corrected chi connectivity index (χ1v) is 7.73. The van der Waals surface area contributed by atoms with Crippen molar-refractivity contribution in [1.29, 1.82) is 0 Å². The lowest BCUT2D eigenvalue weighted by molar-refractivity contribution is -0.136. The fourth-order valence-corrected chi connectivity index (χ4v) is 2.72. The maximum absolute atomic E-state index is 11.7. The minimum absolute atomic E-state index is 0.387. The van der Waals surface area contributed by atoms with E-state index in [4.69, 9.17) is 5.11 Å². The molecule has 0 aliphatic heterocycles. The number of hydrogen-bond acceptors (Lipinski definition) is 5. The summed E-state index contributed by atoms with van der Waals surface area (Å²) in [4.78, 5) is 14.2. The summed E-state index contributed by atoms with van der Waals surface area (Å²) in [6.07, 6.45) is 2.54. The molecule has 0 bridgehead atoms. The first kappa shape index (κ1) is 15.0. The zero-order valence-electron chi connectivity index (χ0n) is 11.0. The van der Waals surface area contributed by atoms with Crippen LogP contribution < -0.4 is 4.72 Å². The van der Waals surface area contributed by atoms with Crippen LogP contribution in [0.5, 0.6) is 0 Å². The predicted molar refractivity (Wildman–Crippen MR) is 75.2 cm³/mol. The van der Waals surface area contributed by atoms with Crippen LogP contribution in [0.3, 0.4) is 0 Å². The summed E-state index contributed by atoms with van der Waals surface area (Å²) in [6, 6.07) is 6.81. The van der Waals surface area contributed by atoms with Gasteiger partial charge in [0.1, 0.15) is 12.7 Å². The zero-order valence-corrected chi connectivity index (χ0v) is 11.8. The molecule has 0 atom stereocenters. The number of sulfonamides is 1. The number of nitrogens with zero attached hydrogens (tertiary/aromatic N) is 3. The van der Waals surface area contributed by atoms with Gasteiger partial charge in [-0.15, -0.1) is 0 Å². The van der Waals surface area contributed by atoms with Gasteiger partial charge in [-0.05, 0) is 17.7 Å². The van der Waals surface area contributed by atoms with E-state index in [1.807, 2.05) is 6.07 Å². The third-order valence-electron chi connectivity index (χ3n) is 2.60. The van der Waals surface area contributed by atoms with E-state index in [0.717, 1.165) is 5.56 Å². The topological polar surface area (TPSA) is 114 Å². The average Bonchev–Trinajstić information content (AvgIpc) is 2.89. The lowest BCUT2D eigenvalue weighted by atomic mass is 10.2. The molecule has 8 nitrogen and oxygen atoms in total. The second-order valence-corrected chi connectivity index (χ2v) is 6.20. The van der Waals surface area contributed by atoms with Crippen LogP contribution in [-0.2, 0) is 21.4 Å². The minimum atomic E-state index is -3.67. The summed E-state index contributed by atoms with van der Waals surface area (Å²) in [6.45, 7) is 0.463. The summed E-state index contributed by atoms with van der Waals surface area (Å²) >= 11 is 0. The van der Waals surface area contributed by atoms with E-state index < -0.39 is 28.2 Å². The third-order valence-corrected chi connectivity index (χ3v) is 3.88. The molecule has 2 N–H and O–H groups in total. The highest BCUT2D eigenvalue weighted by molar-refractivity contribution is 7.92. The Kier molecular flexibility index (Phi) is 4.53. The zero-order chi connectivity index (χ0) is 15.3. The fraction of sp³-hybridized carbons (Fsp3) is 0.250. The normalized spacial score (nSPS) is 11.2. The molecule has 1 heterocycles. The van der Waals surface area contributed by atoms with Crippen molar-refractivity contribution in [3.63, 3.8) is 0 Å². The number of hydrogen-bond donors (Lipinski definition) is 2. The Labute approximate surface area is 121 Å². The first-order chi connectivity index (χ1) is 9.94. The minimum Gasteiger partial charge on any atom is -0.481 e. The molecule has 1 aromatic heterocycles. The van der Waals surface area contributed by atoms with Gasteiger partial charge in [-0.25, -0.2) is 18.1 Å². The number of carbonyl (C=O) groups is 1. The number of benzene rings is 1. The SMILES string of the molecule is O=C(O)CCS(=O)(=O)Nc1cccc(Cn2cncn2)c1. The molecule has 0 fully saturated rings. The van der Waals surface area contributed by atoms with E-state index >= 15 is 0 Å². The number of anilines is 1. The molecule has 0 saturated carbocycles. The smallest absolute Gasteiger partial charge is 0.304 e. The Morgan fingerprint density at radius 1 is 1.38 bits per heavy atom. The standard InChI is InChI=1S/C12H14N4O4S/c17-12(18)4-5-21(19,20)15-11-3-1-2-10(6-11)7-16-9-13-8-14-16/h1-3,6,8-9,15H,4-5,7H2,(H,17,18). The first-order valence-electron chi connectivity index (χ1n) is 6.08. The van der Waals surface area contributed by atoms with Crippen LogP contribution in [0.4, 0.5) is 5.69 Å². The molecular weight excluding hydrogens is 296 g/mol. The Bertz CT molecular complexity index is 713. The van der Waals surface area contributed by atoms with E-state index in [9.17, 15) is 13.2 Å². The highest BCUT2D eigenvalue weighted by Gasteiger charge is 2.13. The fourth-order valence-electron chi connectivity index (χ4n) is 1.69. The van der Waals surface area contributed by atoms with E-state index in [-0.39, 0.29) is 0 Å². The summed E-state index contributed by atoms with van der Waals surface area (Å²) in [5, 5.41) is 12.5. The molecule has 1 aromatic carbocycles. The summed E-state index contributed by atoms with van der Waals surface area (Å²) in [7, 11) is -3.67. The van der Waals surface area contributed by atoms with E-state index in [1.165, 1.54) is 6.33 Å². The van der Waals surface area contributed by atoms with Crippen LogP contribution in [0.1, 0.15) is 12.0 Å². The van der Waals surface area contributed by atoms with Gasteiger partial charge in [-0.1, -0.05) is 12.1 Å². The molecule has 0 aliphatic carbocycles. The summed E-state index contributed by atoms with van der Waals surface area (Å²) < 4.78 is 27.4. The third kappa shape index (κ3) is 4.88. The van der Waals surface area contributed by atoms with Gasteiger partial charge >= 0.3 is 5.97 Å². The monoisotopic (exact) mass is 310 g/mol. The molecule has 9 heteroatoms. The maximum Gasteiger partial charge on any atom is 0.304 e. The highest BCUT2D eigenvalue weighted by atomic mass is 32.2. The molecule has 0 spiro atoms. The number of nitrogens with one attached hydrogen (secondary N) is 1. The average molecular weight is 310 g/mol. The van der Waals surface area contributed by atoms with Gasteiger partial charge in [-0.2, -0.15) is 5.10 Å². The van der Waals surface area contributed by atoms with Crippen LogP contribution in [-0.4, -0.2) is 40.0 Å². The number of aliphatic carboxylic acids is 1. The van der Waals surface area contributed by atoms with Gasteiger partial charge in [0, 0.05) is 5.69 Å². The molecule has 0 saturated heterocycles. The Morgan fingerprint density at radius 2 is 2.19 bits per heavy atom. The molecule has 0 unspecified atom stereocenters. The predicted octanol–water partition coefficient (Wildman–Crippen LogP) is 0.543. The molecule has 0 aliphatic rings. The molecule has 112 valence electrons. The van der Waals surface area contributed by atoms with Gasteiger partial charge in [-0.3, -0.25) is 9.52 Å². The number of rotatable bonds is 7. The van der Waals surface area contributed by atoms with Crippen molar-refractivity contribution in [2.24, 2.45) is 0 Å². The summed E-state index contributed by atoms with van der Waals surface area (Å²) in [5.74, 6) is -1.62. The van der Waals surface area contributed by atoms with Crippen LogP contribution in [0.2, 0.25) is 0 Å². The molecule has 0 radical (unpaired) electrons. The Balaban J connectivity index is 2.05. The highest BCUT2D eigenvalue weighted by Crippen LogP contribution is 2.13. The van der Waals surface area contributed by atoms with E-state index in [2.05, 4.69) is 14.8 Å². The van der Waals surface area contributed by atoms with Crippen LogP contribution in [0.15, 0.2) is 36.9 Å². The van der Waals surface area contributed by atoms with E-state index in [1.54, 1.807) is 29.2 Å². The number of carboxylic acid groups (broad SMARTS) is 1. The van der Waals surface area contributed by atoms with Crippen molar-refractivity contribution in [3.05, 3.63) is 42.5 Å². The Hall–Kier alpha value is -2.42. The lowest BCUT2D eigenvalue weighted by Gasteiger charge is -2.09. The van der Waals surface area contributed by atoms with Crippen molar-refractivity contribution in [1.82, 2.24) is 14.8 Å². The maximum atomic E-state index is 11.7. The molecule has 21 heavy (non-hydrogen) atoms. The molecule has 2 aromatic rings. The second kappa shape index (κ2) is 6.35. The van der Waals surface area contributed by atoms with Crippen LogP contribution >= 0.6 is 0 Å². The van der Waals surface area contributed by atoms with Gasteiger partial charge in [0.25, 0.3) is 0 Å². The molecule has 2 rings (SSSR count). The van der Waals surface area contributed by atoms with Crippen molar-refractivity contribution in [2.45, 2.75) is 13.0 Å². The largest absolute Gasteiger partial charge is 0.481 e. The summed E-state index contributed by atoms with van der Waals surface area (Å²) in [5.41, 5.74) is 1.23. The number of aromatic nitrogens is 3. The van der Waals surface area contributed by atoms with Crippen LogP contribution in [0, 0.1) is 0 Å². The lowest BCUT2D eigenvalue weighted by Crippen LogP contribution is -2.19. The Morgan fingerprint density at radius 3 is 2.86 bits per heavy atom. The molecule has 0 amide bonds. The van der Waals surface area contributed by atoms with E-state index in [0.29, 0.717) is 12.2 Å². The van der Waals surface area contributed by atoms with Crippen molar-refractivity contribution in [2.75, 3.05) is 10.5 Å². The number of carboxylic acids is 1. The van der Waals surface area contributed by atoms with Crippen molar-refractivity contribution >= 4 is 21.7 Å². The van der Waals surface area contributed by atoms with Crippen LogP contribution in [0.25, 0.3) is 0 Å². The second-order valence-electron chi connectivity index (χ2n) is 4.36. The van der Waals surface area contributed by atoms with Crippen molar-refractivity contribution < 1.29 is 18.3 Å². The quantitative estimate of drug-likeness (QED) is 0.771. The van der Waals surface area contributed by atoms with Gasteiger partial charge in [0.2, 0.25) is 10.0 Å². The van der Waals surface area contributed by atoms with Gasteiger partial charge in [0.05, 0.1) is 18.7 Å². The van der Waals surface area contributed by atoms with Gasteiger partial charge in [0.15, 0.2) is 0 Å². The van der Waals surface area contributed by atoms with Gasteiger partial charge < -0.3 is 5.11 Å². The van der Waals surface area contributed by atoms with Crippen molar-refractivity contribution in [3.8, 4) is 0 Å². The molecular formula is C12H14N4O4S.